The molecule has 3 aromatic rings. The van der Waals surface area contributed by atoms with Crippen LogP contribution in [0.25, 0.3) is 0 Å². The maximum Gasteiger partial charge on any atom is 0.270 e. The Balaban J connectivity index is 1.51. The number of furan rings is 1. The minimum absolute atomic E-state index is 0.281. The fourth-order valence-corrected chi connectivity index (χ4v) is 3.22. The van der Waals surface area contributed by atoms with Crippen molar-refractivity contribution < 1.29 is 13.9 Å². The molecule has 1 fully saturated rings. The van der Waals surface area contributed by atoms with Crippen molar-refractivity contribution in [2.24, 2.45) is 0 Å². The molecule has 2 aromatic heterocycles. The second-order valence-corrected chi connectivity index (χ2v) is 6.69. The van der Waals surface area contributed by atoms with E-state index in [1.807, 2.05) is 18.2 Å². The van der Waals surface area contributed by atoms with E-state index in [9.17, 15) is 4.79 Å². The van der Waals surface area contributed by atoms with Crippen molar-refractivity contribution >= 4 is 23.1 Å². The molecule has 0 spiro atoms. The third-order valence-corrected chi connectivity index (χ3v) is 4.59. The zero-order chi connectivity index (χ0) is 20.1. The number of aromatic nitrogens is 2. The van der Waals surface area contributed by atoms with Gasteiger partial charge in [0.25, 0.3) is 5.91 Å². The minimum Gasteiger partial charge on any atom is -0.467 e. The smallest absolute Gasteiger partial charge is 0.270 e. The lowest BCUT2D eigenvalue weighted by molar-refractivity contribution is 0.0942. The first-order chi connectivity index (χ1) is 14.2. The van der Waals surface area contributed by atoms with Crippen LogP contribution < -0.4 is 15.5 Å². The minimum atomic E-state index is -0.281. The molecule has 0 saturated carbocycles. The van der Waals surface area contributed by atoms with Crippen LogP contribution in [0.4, 0.5) is 17.2 Å². The topological polar surface area (TPSA) is 92.5 Å². The standard InChI is InChI=1S/C21H23N5O3/c1-15-23-18(21(27)22-14-16-5-4-10-29-16)13-20(24-15)25-17-6-2-3-7-19(17)26-8-11-28-12-9-26/h2-7,10,13H,8-9,11-12,14H2,1H3,(H,22,27)(H,23,24,25). The first kappa shape index (κ1) is 18.9. The van der Waals surface area contributed by atoms with Crippen LogP contribution in [0.15, 0.2) is 53.1 Å². The number of amides is 1. The van der Waals surface area contributed by atoms with Crippen molar-refractivity contribution in [1.82, 2.24) is 15.3 Å². The van der Waals surface area contributed by atoms with Gasteiger partial charge in [0.15, 0.2) is 0 Å². The van der Waals surface area contributed by atoms with Gasteiger partial charge in [-0.05, 0) is 31.2 Å². The van der Waals surface area contributed by atoms with Crippen molar-refractivity contribution in [2.45, 2.75) is 13.5 Å². The number of ether oxygens (including phenoxy) is 1. The highest BCUT2D eigenvalue weighted by Gasteiger charge is 2.16. The van der Waals surface area contributed by atoms with E-state index in [0.717, 1.165) is 24.5 Å². The number of nitrogens with one attached hydrogen (secondary N) is 2. The summed E-state index contributed by atoms with van der Waals surface area (Å²) < 4.78 is 10.7. The lowest BCUT2D eigenvalue weighted by Gasteiger charge is -2.30. The molecule has 0 bridgehead atoms. The maximum absolute atomic E-state index is 12.5. The van der Waals surface area contributed by atoms with Crippen LogP contribution >= 0.6 is 0 Å². The van der Waals surface area contributed by atoms with Gasteiger partial charge in [-0.3, -0.25) is 4.79 Å². The third kappa shape index (κ3) is 4.72. The van der Waals surface area contributed by atoms with E-state index < -0.39 is 0 Å². The summed E-state index contributed by atoms with van der Waals surface area (Å²) in [7, 11) is 0. The lowest BCUT2D eigenvalue weighted by atomic mass is 10.2. The van der Waals surface area contributed by atoms with Crippen molar-refractivity contribution in [3.63, 3.8) is 0 Å². The van der Waals surface area contributed by atoms with Crippen LogP contribution in [0, 0.1) is 6.92 Å². The number of anilines is 3. The highest BCUT2D eigenvalue weighted by atomic mass is 16.5. The largest absolute Gasteiger partial charge is 0.467 e. The fraction of sp³-hybridized carbons (Fsp3) is 0.286. The quantitative estimate of drug-likeness (QED) is 0.665. The Labute approximate surface area is 168 Å². The normalized spacial score (nSPS) is 13.9. The Morgan fingerprint density at radius 3 is 2.76 bits per heavy atom. The molecule has 1 aromatic carbocycles. The number of carbonyl (C=O) groups is 1. The molecule has 3 heterocycles. The molecule has 8 heteroatoms. The predicted octanol–water partition coefficient (Wildman–Crippen LogP) is 2.89. The van der Waals surface area contributed by atoms with Crippen LogP contribution in [-0.2, 0) is 11.3 Å². The second kappa shape index (κ2) is 8.74. The number of morpholine rings is 1. The highest BCUT2D eigenvalue weighted by Crippen LogP contribution is 2.28. The van der Waals surface area contributed by atoms with Crippen LogP contribution in [-0.4, -0.2) is 42.2 Å². The van der Waals surface area contributed by atoms with Crippen LogP contribution in [0.5, 0.6) is 0 Å². The Bertz CT molecular complexity index is 968. The van der Waals surface area contributed by atoms with Crippen molar-refractivity contribution in [2.75, 3.05) is 36.5 Å². The number of benzene rings is 1. The summed E-state index contributed by atoms with van der Waals surface area (Å²) in [4.78, 5) is 23.5. The van der Waals surface area contributed by atoms with E-state index >= 15 is 0 Å². The summed E-state index contributed by atoms with van der Waals surface area (Å²) in [6, 6.07) is 13.3. The summed E-state index contributed by atoms with van der Waals surface area (Å²) >= 11 is 0. The van der Waals surface area contributed by atoms with Crippen molar-refractivity contribution in [3.8, 4) is 0 Å². The van der Waals surface area contributed by atoms with Gasteiger partial charge in [-0.2, -0.15) is 0 Å². The monoisotopic (exact) mass is 393 g/mol. The van der Waals surface area contributed by atoms with E-state index in [1.165, 1.54) is 0 Å². The zero-order valence-corrected chi connectivity index (χ0v) is 16.2. The second-order valence-electron chi connectivity index (χ2n) is 6.69. The molecule has 1 saturated heterocycles. The first-order valence-electron chi connectivity index (χ1n) is 9.54. The summed E-state index contributed by atoms with van der Waals surface area (Å²) in [6.45, 7) is 5.16. The molecule has 29 heavy (non-hydrogen) atoms. The average molecular weight is 393 g/mol. The molecule has 0 unspecified atom stereocenters. The Hall–Kier alpha value is -3.39. The molecular weight excluding hydrogens is 370 g/mol. The van der Waals surface area contributed by atoms with E-state index in [2.05, 4.69) is 31.6 Å². The van der Waals surface area contributed by atoms with Gasteiger partial charge < -0.3 is 24.7 Å². The van der Waals surface area contributed by atoms with Gasteiger partial charge in [-0.25, -0.2) is 9.97 Å². The van der Waals surface area contributed by atoms with Gasteiger partial charge in [-0.15, -0.1) is 0 Å². The zero-order valence-electron chi connectivity index (χ0n) is 16.2. The van der Waals surface area contributed by atoms with Gasteiger partial charge in [-0.1, -0.05) is 12.1 Å². The number of carbonyl (C=O) groups excluding carboxylic acids is 1. The van der Waals surface area contributed by atoms with Crippen molar-refractivity contribution in [1.29, 1.82) is 0 Å². The highest BCUT2D eigenvalue weighted by molar-refractivity contribution is 5.93. The third-order valence-electron chi connectivity index (χ3n) is 4.59. The van der Waals surface area contributed by atoms with Gasteiger partial charge in [0.2, 0.25) is 0 Å². The lowest BCUT2D eigenvalue weighted by Crippen LogP contribution is -2.36. The SMILES string of the molecule is Cc1nc(Nc2ccccc2N2CCOCC2)cc(C(=O)NCc2ccco2)n1. The fourth-order valence-electron chi connectivity index (χ4n) is 3.22. The first-order valence-corrected chi connectivity index (χ1v) is 9.54. The molecular formula is C21H23N5O3. The number of hydrogen-bond acceptors (Lipinski definition) is 7. The number of rotatable bonds is 6. The van der Waals surface area contributed by atoms with Gasteiger partial charge in [0.1, 0.15) is 23.1 Å². The summed E-state index contributed by atoms with van der Waals surface area (Å²) in [5.41, 5.74) is 2.31. The Morgan fingerprint density at radius 2 is 1.97 bits per heavy atom. The van der Waals surface area contributed by atoms with Crippen molar-refractivity contribution in [3.05, 3.63) is 66.0 Å². The Morgan fingerprint density at radius 1 is 1.14 bits per heavy atom. The predicted molar refractivity (Wildman–Crippen MR) is 109 cm³/mol. The van der Waals surface area contributed by atoms with E-state index in [0.29, 0.717) is 42.9 Å². The molecule has 8 nitrogen and oxygen atoms in total. The van der Waals surface area contributed by atoms with Gasteiger partial charge in [0.05, 0.1) is 37.4 Å². The van der Waals surface area contributed by atoms with Crippen LogP contribution in [0.1, 0.15) is 22.1 Å². The number of para-hydroxylation sites is 2. The van der Waals surface area contributed by atoms with E-state index in [-0.39, 0.29) is 5.91 Å². The number of hydrogen-bond donors (Lipinski definition) is 2. The summed E-state index contributed by atoms with van der Waals surface area (Å²) in [6.07, 6.45) is 1.57. The molecule has 1 aliphatic heterocycles. The van der Waals surface area contributed by atoms with E-state index in [1.54, 1.807) is 31.4 Å². The number of aryl methyl sites for hydroxylation is 1. The maximum atomic E-state index is 12.5. The molecule has 1 amide bonds. The summed E-state index contributed by atoms with van der Waals surface area (Å²) in [5, 5.41) is 6.15. The van der Waals surface area contributed by atoms with Gasteiger partial charge >= 0.3 is 0 Å². The molecule has 0 atom stereocenters. The molecule has 4 rings (SSSR count). The summed E-state index contributed by atoms with van der Waals surface area (Å²) in [5.74, 6) is 1.49. The molecule has 2 N–H and O–H groups in total. The molecule has 1 aliphatic rings. The number of nitrogens with zero attached hydrogens (tertiary/aromatic N) is 3. The van der Waals surface area contributed by atoms with Gasteiger partial charge in [0, 0.05) is 19.2 Å². The molecule has 0 aliphatic carbocycles. The molecule has 150 valence electrons. The van der Waals surface area contributed by atoms with Crippen LogP contribution in [0.3, 0.4) is 0 Å². The molecule has 0 radical (unpaired) electrons. The average Bonchev–Trinajstić information content (AvgIpc) is 3.26. The Kier molecular flexibility index (Phi) is 5.71. The van der Waals surface area contributed by atoms with E-state index in [4.69, 9.17) is 9.15 Å². The van der Waals surface area contributed by atoms with Crippen LogP contribution in [0.2, 0.25) is 0 Å².